The molecule has 1 aromatic heterocycles. The van der Waals surface area contributed by atoms with Gasteiger partial charge in [0.1, 0.15) is 17.2 Å². The fourth-order valence-corrected chi connectivity index (χ4v) is 3.50. The largest absolute Gasteiger partial charge is 0.508 e. The summed E-state index contributed by atoms with van der Waals surface area (Å²) < 4.78 is 19.0. The van der Waals surface area contributed by atoms with E-state index in [2.05, 4.69) is 20.4 Å². The van der Waals surface area contributed by atoms with Crippen LogP contribution in [-0.4, -0.2) is 58.6 Å². The van der Waals surface area contributed by atoms with Crippen molar-refractivity contribution < 1.29 is 14.2 Å². The molecule has 2 aromatic rings. The average Bonchev–Trinajstić information content (AvgIpc) is 2.72. The van der Waals surface area contributed by atoms with Gasteiger partial charge in [0.2, 0.25) is 5.95 Å². The van der Waals surface area contributed by atoms with E-state index in [1.165, 1.54) is 6.07 Å². The minimum atomic E-state index is -0.567. The van der Waals surface area contributed by atoms with Gasteiger partial charge in [-0.3, -0.25) is 5.43 Å². The maximum Gasteiger partial charge on any atom is 0.213 e. The molecule has 146 valence electrons. The van der Waals surface area contributed by atoms with Crippen LogP contribution < -0.4 is 15.1 Å². The summed E-state index contributed by atoms with van der Waals surface area (Å²) in [5.74, 6) is 0.219. The number of hydrogen-bond acceptors (Lipinski definition) is 6. The third-order valence-electron chi connectivity index (χ3n) is 4.74. The van der Waals surface area contributed by atoms with Crippen molar-refractivity contribution in [3.05, 3.63) is 48.0 Å². The minimum Gasteiger partial charge on any atom is -0.508 e. The molecule has 0 atom stereocenters. The second-order valence-electron chi connectivity index (χ2n) is 6.55. The van der Waals surface area contributed by atoms with Crippen LogP contribution in [0.3, 0.4) is 0 Å². The van der Waals surface area contributed by atoms with Crippen LogP contribution in [-0.2, 0) is 0 Å². The highest BCUT2D eigenvalue weighted by Gasteiger charge is 2.22. The predicted molar refractivity (Wildman–Crippen MR) is 108 cm³/mol. The van der Waals surface area contributed by atoms with Crippen molar-refractivity contribution in [1.82, 2.24) is 15.3 Å². The molecule has 0 saturated carbocycles. The number of benzene rings is 1. The number of aromatic nitrogens is 1. The van der Waals surface area contributed by atoms with Crippen molar-refractivity contribution in [1.29, 1.82) is 0 Å². The number of anilines is 1. The Morgan fingerprint density at radius 2 is 2.04 bits per heavy atom. The van der Waals surface area contributed by atoms with E-state index in [4.69, 9.17) is 17.0 Å². The van der Waals surface area contributed by atoms with Crippen LogP contribution in [0, 0.1) is 5.95 Å². The summed E-state index contributed by atoms with van der Waals surface area (Å²) in [7, 11) is 0. The normalized spacial score (nSPS) is 17.8. The minimum absolute atomic E-state index is 0.259. The second kappa shape index (κ2) is 7.97. The fourth-order valence-electron chi connectivity index (χ4n) is 3.27. The van der Waals surface area contributed by atoms with Crippen molar-refractivity contribution in [3.63, 3.8) is 0 Å². The number of rotatable bonds is 2. The number of hydrogen-bond donors (Lipinski definition) is 2. The van der Waals surface area contributed by atoms with E-state index in [9.17, 15) is 9.50 Å². The number of aromatic hydroxyl groups is 1. The summed E-state index contributed by atoms with van der Waals surface area (Å²) in [5.41, 5.74) is 4.95. The Bertz CT molecular complexity index is 915. The molecule has 9 heteroatoms. The van der Waals surface area contributed by atoms with Crippen LogP contribution in [0.1, 0.15) is 12.1 Å². The van der Waals surface area contributed by atoms with Gasteiger partial charge < -0.3 is 19.6 Å². The van der Waals surface area contributed by atoms with E-state index in [0.29, 0.717) is 35.3 Å². The zero-order chi connectivity index (χ0) is 19.5. The Labute approximate surface area is 167 Å². The molecule has 2 aliphatic rings. The highest BCUT2D eigenvalue weighted by Crippen LogP contribution is 2.23. The summed E-state index contributed by atoms with van der Waals surface area (Å²) in [6, 6.07) is 10.1. The van der Waals surface area contributed by atoms with E-state index in [0.717, 1.165) is 31.9 Å². The van der Waals surface area contributed by atoms with Gasteiger partial charge in [0.05, 0.1) is 12.3 Å². The zero-order valence-corrected chi connectivity index (χ0v) is 16.0. The molecular formula is C19H20FN5O2S. The maximum absolute atomic E-state index is 13.5. The molecule has 0 spiro atoms. The number of nitrogens with zero attached hydrogens (tertiary/aromatic N) is 4. The Morgan fingerprint density at radius 3 is 2.82 bits per heavy atom. The molecule has 1 saturated heterocycles. The summed E-state index contributed by atoms with van der Waals surface area (Å²) >= 11 is 5.47. The van der Waals surface area contributed by atoms with Crippen LogP contribution >= 0.6 is 12.2 Å². The number of hydrazone groups is 1. The molecule has 4 rings (SSSR count). The van der Waals surface area contributed by atoms with Gasteiger partial charge in [0.15, 0.2) is 5.11 Å². The molecule has 0 bridgehead atoms. The molecule has 2 N–H and O–H groups in total. The second-order valence-corrected chi connectivity index (χ2v) is 6.94. The third-order valence-corrected chi connectivity index (χ3v) is 5.09. The molecule has 28 heavy (non-hydrogen) atoms. The SMILES string of the molecule is Oc1cccc(N2CCN(C(=S)N/N=C3/CCOc4ccc(F)nc43)CC2)c1. The standard InChI is InChI=1S/C19H20FN5O2S/c20-17-5-4-16-18(21-17)15(6-11-27-16)22-23-19(28)25-9-7-24(8-10-25)13-2-1-3-14(26)12-13/h1-5,12,26H,6-11H2,(H,23,28)/b22-15-. The first-order chi connectivity index (χ1) is 13.6. The van der Waals surface area contributed by atoms with Gasteiger partial charge in [0, 0.05) is 44.4 Å². The predicted octanol–water partition coefficient (Wildman–Crippen LogP) is 2.11. The lowest BCUT2D eigenvalue weighted by atomic mass is 10.1. The van der Waals surface area contributed by atoms with Crippen LogP contribution in [0.15, 0.2) is 41.5 Å². The lowest BCUT2D eigenvalue weighted by Crippen LogP contribution is -2.51. The molecule has 3 heterocycles. The molecule has 0 radical (unpaired) electrons. The van der Waals surface area contributed by atoms with Crippen LogP contribution in [0.4, 0.5) is 10.1 Å². The quantitative estimate of drug-likeness (QED) is 0.454. The summed E-state index contributed by atoms with van der Waals surface area (Å²) in [4.78, 5) is 8.13. The number of phenols is 1. The van der Waals surface area contributed by atoms with Gasteiger partial charge in [-0.2, -0.15) is 9.49 Å². The van der Waals surface area contributed by atoms with Crippen LogP contribution in [0.25, 0.3) is 0 Å². The van der Waals surface area contributed by atoms with Crippen molar-refractivity contribution in [2.24, 2.45) is 5.10 Å². The number of phenolic OH excluding ortho intramolecular Hbond substituents is 1. The van der Waals surface area contributed by atoms with Crippen LogP contribution in [0.2, 0.25) is 0 Å². The van der Waals surface area contributed by atoms with Crippen molar-refractivity contribution >= 4 is 28.7 Å². The van der Waals surface area contributed by atoms with E-state index in [1.807, 2.05) is 17.0 Å². The number of pyridine rings is 1. The van der Waals surface area contributed by atoms with Crippen molar-refractivity contribution in [2.45, 2.75) is 6.42 Å². The summed E-state index contributed by atoms with van der Waals surface area (Å²) in [6.45, 7) is 3.50. The first-order valence-corrected chi connectivity index (χ1v) is 9.46. The highest BCUT2D eigenvalue weighted by atomic mass is 32.1. The van der Waals surface area contributed by atoms with Crippen molar-refractivity contribution in [3.8, 4) is 11.5 Å². The number of halogens is 1. The van der Waals surface area contributed by atoms with E-state index in [-0.39, 0.29) is 5.75 Å². The molecule has 0 aliphatic carbocycles. The Kier molecular flexibility index (Phi) is 5.25. The molecule has 7 nitrogen and oxygen atoms in total. The first-order valence-electron chi connectivity index (χ1n) is 9.05. The number of ether oxygens (including phenoxy) is 1. The molecule has 0 unspecified atom stereocenters. The zero-order valence-electron chi connectivity index (χ0n) is 15.1. The Hall–Kier alpha value is -2.94. The van der Waals surface area contributed by atoms with Gasteiger partial charge in [-0.05, 0) is 36.5 Å². The van der Waals surface area contributed by atoms with E-state index < -0.39 is 5.95 Å². The number of fused-ring (bicyclic) bond motifs is 1. The Balaban J connectivity index is 1.37. The molecule has 1 fully saturated rings. The van der Waals surface area contributed by atoms with E-state index >= 15 is 0 Å². The smallest absolute Gasteiger partial charge is 0.213 e. The van der Waals surface area contributed by atoms with Gasteiger partial charge >= 0.3 is 0 Å². The maximum atomic E-state index is 13.5. The summed E-state index contributed by atoms with van der Waals surface area (Å²) in [5, 5.41) is 14.5. The highest BCUT2D eigenvalue weighted by molar-refractivity contribution is 7.80. The monoisotopic (exact) mass is 401 g/mol. The summed E-state index contributed by atoms with van der Waals surface area (Å²) in [6.07, 6.45) is 0.532. The van der Waals surface area contributed by atoms with Gasteiger partial charge in [0.25, 0.3) is 0 Å². The van der Waals surface area contributed by atoms with Crippen LogP contribution in [0.5, 0.6) is 11.5 Å². The lowest BCUT2D eigenvalue weighted by molar-refractivity contribution is 0.316. The first kappa shape index (κ1) is 18.4. The number of thiocarbonyl (C=S) groups is 1. The molecule has 0 amide bonds. The average molecular weight is 401 g/mol. The molecule has 1 aromatic carbocycles. The third kappa shape index (κ3) is 3.99. The van der Waals surface area contributed by atoms with E-state index in [1.54, 1.807) is 18.2 Å². The lowest BCUT2D eigenvalue weighted by Gasteiger charge is -2.37. The molecular weight excluding hydrogens is 381 g/mol. The molecule has 2 aliphatic heterocycles. The topological polar surface area (TPSA) is 73.2 Å². The number of nitrogens with one attached hydrogen (secondary N) is 1. The Morgan fingerprint density at radius 1 is 1.21 bits per heavy atom. The van der Waals surface area contributed by atoms with Gasteiger partial charge in [-0.25, -0.2) is 4.98 Å². The fraction of sp³-hybridized carbons (Fsp3) is 0.316. The van der Waals surface area contributed by atoms with Gasteiger partial charge in [-0.15, -0.1) is 0 Å². The number of piperazine rings is 1. The van der Waals surface area contributed by atoms with Crippen molar-refractivity contribution in [2.75, 3.05) is 37.7 Å². The van der Waals surface area contributed by atoms with Gasteiger partial charge in [-0.1, -0.05) is 6.07 Å².